The van der Waals surface area contributed by atoms with E-state index < -0.39 is 0 Å². The molecule has 4 nitrogen and oxygen atoms in total. The van der Waals surface area contributed by atoms with Crippen LogP contribution < -0.4 is 11.5 Å². The number of hydrogen-bond acceptors (Lipinski definition) is 4. The molecule has 0 aliphatic heterocycles. The summed E-state index contributed by atoms with van der Waals surface area (Å²) in [4.78, 5) is 7.75. The zero-order valence-electron chi connectivity index (χ0n) is 7.41. The maximum Gasteiger partial charge on any atom is 0.221 e. The largest absolute Gasteiger partial charge is 0.383 e. The van der Waals surface area contributed by atoms with Gasteiger partial charge < -0.3 is 11.5 Å². The Balaban J connectivity index is 2.86. The fraction of sp³-hybridized carbons (Fsp3) is 0.500. The summed E-state index contributed by atoms with van der Waals surface area (Å²) in [7, 11) is 0. The minimum atomic E-state index is 0.236. The number of aromatic nitrogens is 2. The molecule has 0 amide bonds. The predicted molar refractivity (Wildman–Crippen MR) is 49.4 cm³/mol. The average Bonchev–Trinajstić information content (AvgIpc) is 1.94. The van der Waals surface area contributed by atoms with Gasteiger partial charge in [-0.15, -0.1) is 0 Å². The van der Waals surface area contributed by atoms with Gasteiger partial charge >= 0.3 is 0 Å². The summed E-state index contributed by atoms with van der Waals surface area (Å²) in [6.07, 6.45) is 2.59. The molecule has 0 aliphatic carbocycles. The van der Waals surface area contributed by atoms with Crippen molar-refractivity contribution in [1.29, 1.82) is 0 Å². The Morgan fingerprint density at radius 1 is 1.42 bits per heavy atom. The minimum Gasteiger partial charge on any atom is -0.383 e. The molecule has 1 rings (SSSR count). The molecule has 0 spiro atoms. The third-order valence-electron chi connectivity index (χ3n) is 1.54. The van der Waals surface area contributed by atoms with Crippen LogP contribution in [0.1, 0.15) is 19.4 Å². The minimum absolute atomic E-state index is 0.236. The zero-order chi connectivity index (χ0) is 9.14. The molecule has 4 N–H and O–H groups in total. The van der Waals surface area contributed by atoms with Crippen molar-refractivity contribution in [2.45, 2.75) is 20.3 Å². The van der Waals surface area contributed by atoms with E-state index >= 15 is 0 Å². The van der Waals surface area contributed by atoms with Gasteiger partial charge in [0.1, 0.15) is 5.82 Å². The highest BCUT2D eigenvalue weighted by Gasteiger charge is 2.03. The number of nitrogens with two attached hydrogens (primary N) is 2. The van der Waals surface area contributed by atoms with Crippen LogP contribution in [0, 0.1) is 5.92 Å². The molecule has 0 atom stereocenters. The summed E-state index contributed by atoms with van der Waals surface area (Å²) in [6.45, 7) is 4.24. The highest BCUT2D eigenvalue weighted by molar-refractivity contribution is 5.41. The van der Waals surface area contributed by atoms with Gasteiger partial charge in [-0.2, -0.15) is 4.98 Å². The van der Waals surface area contributed by atoms with E-state index in [1.807, 2.05) is 0 Å². The van der Waals surface area contributed by atoms with E-state index in [1.54, 1.807) is 6.20 Å². The second kappa shape index (κ2) is 3.38. The highest BCUT2D eigenvalue weighted by Crippen LogP contribution is 2.13. The second-order valence-corrected chi connectivity index (χ2v) is 3.24. The summed E-state index contributed by atoms with van der Waals surface area (Å²) in [5, 5.41) is 0. The molecule has 0 aromatic carbocycles. The third-order valence-corrected chi connectivity index (χ3v) is 1.54. The topological polar surface area (TPSA) is 77.8 Å². The van der Waals surface area contributed by atoms with E-state index in [-0.39, 0.29) is 5.95 Å². The molecule has 0 saturated heterocycles. The Labute approximate surface area is 72.0 Å². The van der Waals surface area contributed by atoms with E-state index in [0.29, 0.717) is 11.7 Å². The summed E-state index contributed by atoms with van der Waals surface area (Å²) in [5.41, 5.74) is 12.0. The summed E-state index contributed by atoms with van der Waals surface area (Å²) in [6, 6.07) is 0. The fourth-order valence-electron chi connectivity index (χ4n) is 1.03. The number of nitrogens with zero attached hydrogens (tertiary/aromatic N) is 2. The summed E-state index contributed by atoms with van der Waals surface area (Å²) < 4.78 is 0. The maximum absolute atomic E-state index is 5.64. The molecule has 0 saturated carbocycles. The van der Waals surface area contributed by atoms with Crippen molar-refractivity contribution in [2.75, 3.05) is 11.5 Å². The first-order valence-corrected chi connectivity index (χ1v) is 3.96. The smallest absolute Gasteiger partial charge is 0.221 e. The number of nitrogen functional groups attached to an aromatic ring is 2. The number of anilines is 2. The quantitative estimate of drug-likeness (QED) is 0.682. The molecule has 0 radical (unpaired) electrons. The Morgan fingerprint density at radius 3 is 2.58 bits per heavy atom. The normalized spacial score (nSPS) is 10.6. The summed E-state index contributed by atoms with van der Waals surface area (Å²) in [5.74, 6) is 1.29. The molecular weight excluding hydrogens is 152 g/mol. The average molecular weight is 166 g/mol. The Bertz CT molecular complexity index is 270. The van der Waals surface area contributed by atoms with Gasteiger partial charge in [0.15, 0.2) is 0 Å². The first-order chi connectivity index (χ1) is 5.59. The van der Waals surface area contributed by atoms with Crippen LogP contribution in [0.15, 0.2) is 6.20 Å². The van der Waals surface area contributed by atoms with Gasteiger partial charge in [-0.3, -0.25) is 0 Å². The monoisotopic (exact) mass is 166 g/mol. The van der Waals surface area contributed by atoms with Crippen LogP contribution in [0.2, 0.25) is 0 Å². The van der Waals surface area contributed by atoms with E-state index in [9.17, 15) is 0 Å². The number of rotatable bonds is 2. The first-order valence-electron chi connectivity index (χ1n) is 3.96. The Kier molecular flexibility index (Phi) is 2.47. The fourth-order valence-corrected chi connectivity index (χ4v) is 1.03. The van der Waals surface area contributed by atoms with Gasteiger partial charge in [0.25, 0.3) is 0 Å². The van der Waals surface area contributed by atoms with Crippen LogP contribution in [0.25, 0.3) is 0 Å². The van der Waals surface area contributed by atoms with Crippen molar-refractivity contribution in [3.63, 3.8) is 0 Å². The molecule has 0 unspecified atom stereocenters. The van der Waals surface area contributed by atoms with Gasteiger partial charge in [0.05, 0.1) is 0 Å². The lowest BCUT2D eigenvalue weighted by molar-refractivity contribution is 0.645. The van der Waals surface area contributed by atoms with Crippen LogP contribution in [0.3, 0.4) is 0 Å². The van der Waals surface area contributed by atoms with Crippen LogP contribution in [0.4, 0.5) is 11.8 Å². The van der Waals surface area contributed by atoms with E-state index in [2.05, 4.69) is 23.8 Å². The Hall–Kier alpha value is -1.32. The van der Waals surface area contributed by atoms with Gasteiger partial charge in [0, 0.05) is 11.8 Å². The molecule has 1 aromatic rings. The molecule has 0 bridgehead atoms. The van der Waals surface area contributed by atoms with Crippen molar-refractivity contribution in [2.24, 2.45) is 5.92 Å². The van der Waals surface area contributed by atoms with Crippen molar-refractivity contribution < 1.29 is 0 Å². The van der Waals surface area contributed by atoms with Crippen LogP contribution in [0.5, 0.6) is 0 Å². The van der Waals surface area contributed by atoms with Crippen molar-refractivity contribution >= 4 is 11.8 Å². The van der Waals surface area contributed by atoms with Crippen molar-refractivity contribution in [1.82, 2.24) is 9.97 Å². The van der Waals surface area contributed by atoms with Gasteiger partial charge in [-0.05, 0) is 12.3 Å². The highest BCUT2D eigenvalue weighted by atomic mass is 15.0. The SMILES string of the molecule is CC(C)Cc1cnc(N)nc1N. The lowest BCUT2D eigenvalue weighted by Crippen LogP contribution is -2.05. The summed E-state index contributed by atoms with van der Waals surface area (Å²) >= 11 is 0. The molecule has 1 heterocycles. The molecule has 1 aromatic heterocycles. The van der Waals surface area contributed by atoms with Gasteiger partial charge in [0.2, 0.25) is 5.95 Å². The predicted octanol–water partition coefficient (Wildman–Crippen LogP) is 0.840. The van der Waals surface area contributed by atoms with Crippen LogP contribution in [-0.2, 0) is 6.42 Å². The number of hydrogen-bond donors (Lipinski definition) is 2. The lowest BCUT2D eigenvalue weighted by Gasteiger charge is -2.06. The van der Waals surface area contributed by atoms with E-state index in [1.165, 1.54) is 0 Å². The van der Waals surface area contributed by atoms with Crippen molar-refractivity contribution in [3.8, 4) is 0 Å². The maximum atomic E-state index is 5.64. The molecular formula is C8H14N4. The second-order valence-electron chi connectivity index (χ2n) is 3.24. The molecule has 4 heteroatoms. The van der Waals surface area contributed by atoms with Gasteiger partial charge in [-0.1, -0.05) is 13.8 Å². The molecule has 0 aliphatic rings. The van der Waals surface area contributed by atoms with E-state index in [4.69, 9.17) is 11.5 Å². The molecule has 66 valence electrons. The van der Waals surface area contributed by atoms with E-state index in [0.717, 1.165) is 12.0 Å². The molecule has 12 heavy (non-hydrogen) atoms. The third kappa shape index (κ3) is 2.08. The van der Waals surface area contributed by atoms with Crippen molar-refractivity contribution in [3.05, 3.63) is 11.8 Å². The zero-order valence-corrected chi connectivity index (χ0v) is 7.41. The first kappa shape index (κ1) is 8.77. The van der Waals surface area contributed by atoms with Gasteiger partial charge in [-0.25, -0.2) is 4.98 Å². The van der Waals surface area contributed by atoms with Crippen LogP contribution in [-0.4, -0.2) is 9.97 Å². The lowest BCUT2D eigenvalue weighted by atomic mass is 10.1. The van der Waals surface area contributed by atoms with Crippen LogP contribution >= 0.6 is 0 Å². The Morgan fingerprint density at radius 2 is 2.08 bits per heavy atom. The molecule has 0 fully saturated rings. The standard InChI is InChI=1S/C8H14N4/c1-5(2)3-6-4-11-8(10)12-7(6)9/h4-5H,3H2,1-2H3,(H4,9,10,11,12).